The fourth-order valence-corrected chi connectivity index (χ4v) is 3.23. The summed E-state index contributed by atoms with van der Waals surface area (Å²) in [6.45, 7) is 0.522. The molecule has 0 radical (unpaired) electrons. The van der Waals surface area contributed by atoms with E-state index < -0.39 is 5.56 Å². The van der Waals surface area contributed by atoms with Gasteiger partial charge < -0.3 is 31.2 Å². The van der Waals surface area contributed by atoms with Crippen molar-refractivity contribution in [3.63, 3.8) is 0 Å². The van der Waals surface area contributed by atoms with Crippen LogP contribution in [0.25, 0.3) is 11.2 Å². The second kappa shape index (κ2) is 8.04. The molecule has 2 aromatic heterocycles. The second-order valence-electron chi connectivity index (χ2n) is 6.78. The molecule has 160 valence electrons. The highest BCUT2D eigenvalue weighted by Gasteiger charge is 2.15. The van der Waals surface area contributed by atoms with Crippen LogP contribution < -0.4 is 21.7 Å². The van der Waals surface area contributed by atoms with Crippen LogP contribution in [0.4, 0.5) is 17.3 Å². The molecule has 4 rings (SSSR count). The zero-order valence-electron chi connectivity index (χ0n) is 16.0. The van der Waals surface area contributed by atoms with E-state index in [1.807, 2.05) is 0 Å². The van der Waals surface area contributed by atoms with E-state index in [1.54, 1.807) is 33.4 Å². The number of rotatable bonds is 6. The van der Waals surface area contributed by atoms with Crippen molar-refractivity contribution >= 4 is 28.5 Å². The van der Waals surface area contributed by atoms with Gasteiger partial charge in [0.1, 0.15) is 0 Å². The lowest BCUT2D eigenvalue weighted by molar-refractivity contribution is 0.296. The zero-order chi connectivity index (χ0) is 22.1. The number of hydrogen-bond donors (Lipinski definition) is 3. The van der Waals surface area contributed by atoms with Crippen molar-refractivity contribution in [3.8, 4) is 0 Å². The summed E-state index contributed by atoms with van der Waals surface area (Å²) >= 11 is 0. The molecule has 0 saturated carbocycles. The van der Waals surface area contributed by atoms with Crippen LogP contribution in [0.3, 0.4) is 0 Å². The maximum Gasteiger partial charge on any atom is 0.300 e. The van der Waals surface area contributed by atoms with E-state index in [9.17, 15) is 15.2 Å². The Hall–Kier alpha value is -3.97. The Bertz CT molecular complexity index is 1260. The van der Waals surface area contributed by atoms with Crippen LogP contribution in [-0.2, 0) is 13.1 Å². The minimum absolute atomic E-state index is 0.0118. The normalized spacial score (nSPS) is 11.1. The number of imidazole rings is 1. The van der Waals surface area contributed by atoms with Gasteiger partial charge in [0, 0.05) is 6.54 Å². The Labute approximate surface area is 174 Å². The van der Waals surface area contributed by atoms with Crippen molar-refractivity contribution in [1.82, 2.24) is 19.1 Å². The van der Waals surface area contributed by atoms with Gasteiger partial charge in [-0.3, -0.25) is 19.8 Å². The van der Waals surface area contributed by atoms with E-state index >= 15 is 0 Å². The van der Waals surface area contributed by atoms with Crippen molar-refractivity contribution < 1.29 is 10.4 Å². The lowest BCUT2D eigenvalue weighted by Gasteiger charge is -2.21. The topological polar surface area (TPSA) is 172 Å². The lowest BCUT2D eigenvalue weighted by atomic mass is 10.2. The predicted octanol–water partition coefficient (Wildman–Crippen LogP) is 1.66. The molecular formula is C19H17N7O5-2. The first kappa shape index (κ1) is 20.3. The van der Waals surface area contributed by atoms with Crippen molar-refractivity contribution in [3.05, 3.63) is 86.8 Å². The third kappa shape index (κ3) is 4.04. The molecule has 0 aliphatic carbocycles. The summed E-state index contributed by atoms with van der Waals surface area (Å²) in [6, 6.07) is 12.4. The Kier molecular flexibility index (Phi) is 5.27. The number of fused-ring (bicyclic) bond motifs is 1. The highest BCUT2D eigenvalue weighted by Crippen LogP contribution is 2.19. The summed E-state index contributed by atoms with van der Waals surface area (Å²) in [6.07, 6.45) is 1.49. The highest BCUT2D eigenvalue weighted by molar-refractivity contribution is 5.72. The first-order chi connectivity index (χ1) is 14.8. The van der Waals surface area contributed by atoms with Gasteiger partial charge in [-0.2, -0.15) is 4.98 Å². The SMILES string of the molecule is Nc1nc(=O)c2c(ncn2Cc2ccc(N([O-])O)cc2)n1Cc1ccc(N([O-])O)cc1. The average Bonchev–Trinajstić information content (AvgIpc) is 3.16. The fraction of sp³-hybridized carbons (Fsp3) is 0.105. The third-order valence-corrected chi connectivity index (χ3v) is 4.78. The van der Waals surface area contributed by atoms with Gasteiger partial charge in [-0.15, -0.1) is 0 Å². The van der Waals surface area contributed by atoms with Gasteiger partial charge in [0.2, 0.25) is 5.95 Å². The van der Waals surface area contributed by atoms with Crippen molar-refractivity contribution in [2.24, 2.45) is 0 Å². The standard InChI is InChI=1S/C19H17N7O5/c20-19-22-18(27)16-17(24(19)10-13-3-7-15(8-4-13)26(30)31)21-11-23(16)9-12-1-5-14(6-2-12)25(28)29/h1-8,11,28,30H,9-10H2,(H2,20,22,27)/q-2. The van der Waals surface area contributed by atoms with Gasteiger partial charge in [0.05, 0.1) is 24.2 Å². The maximum atomic E-state index is 12.5. The van der Waals surface area contributed by atoms with Crippen LogP contribution in [0.15, 0.2) is 59.7 Å². The number of nitrogens with zero attached hydrogens (tertiary/aromatic N) is 6. The van der Waals surface area contributed by atoms with Gasteiger partial charge in [-0.1, -0.05) is 24.3 Å². The lowest BCUT2D eigenvalue weighted by Crippen LogP contribution is -2.20. The molecule has 2 heterocycles. The van der Waals surface area contributed by atoms with Crippen molar-refractivity contribution in [1.29, 1.82) is 0 Å². The van der Waals surface area contributed by atoms with Crippen LogP contribution >= 0.6 is 0 Å². The smallest absolute Gasteiger partial charge is 0.300 e. The van der Waals surface area contributed by atoms with Gasteiger partial charge in [0.15, 0.2) is 11.2 Å². The summed E-state index contributed by atoms with van der Waals surface area (Å²) in [5.74, 6) is -0.0118. The first-order valence-corrected chi connectivity index (χ1v) is 9.05. The molecule has 4 N–H and O–H groups in total. The maximum absolute atomic E-state index is 12.5. The van der Waals surface area contributed by atoms with E-state index in [1.165, 1.54) is 30.6 Å². The largest absolute Gasteiger partial charge is 0.733 e. The molecule has 12 heteroatoms. The molecule has 2 aromatic carbocycles. The van der Waals surface area contributed by atoms with Gasteiger partial charge in [0.25, 0.3) is 0 Å². The van der Waals surface area contributed by atoms with Crippen LogP contribution in [-0.4, -0.2) is 29.5 Å². The number of nitrogen functional groups attached to an aromatic ring is 1. The van der Waals surface area contributed by atoms with Crippen LogP contribution in [0.1, 0.15) is 11.1 Å². The molecule has 0 saturated heterocycles. The summed E-state index contributed by atoms with van der Waals surface area (Å²) < 4.78 is 3.19. The number of benzene rings is 2. The number of anilines is 3. The molecule has 4 aromatic rings. The molecule has 0 unspecified atom stereocenters. The zero-order valence-corrected chi connectivity index (χ0v) is 16.0. The molecule has 0 atom stereocenters. The van der Waals surface area contributed by atoms with E-state index in [2.05, 4.69) is 9.97 Å². The molecule has 0 aliphatic rings. The first-order valence-electron chi connectivity index (χ1n) is 9.05. The number of hydrogen-bond acceptors (Lipinski definition) is 10. The summed E-state index contributed by atoms with van der Waals surface area (Å²) in [4.78, 5) is 20.8. The summed E-state index contributed by atoms with van der Waals surface area (Å²) in [5.41, 5.74) is 7.72. The van der Waals surface area contributed by atoms with E-state index in [0.29, 0.717) is 5.65 Å². The minimum atomic E-state index is -0.531. The van der Waals surface area contributed by atoms with E-state index in [4.69, 9.17) is 16.1 Å². The van der Waals surface area contributed by atoms with Crippen molar-refractivity contribution in [2.75, 3.05) is 16.2 Å². The Morgan fingerprint density at radius 3 is 1.94 bits per heavy atom. The van der Waals surface area contributed by atoms with E-state index in [-0.39, 0.29) is 46.4 Å². The predicted molar refractivity (Wildman–Crippen MR) is 113 cm³/mol. The summed E-state index contributed by atoms with van der Waals surface area (Å²) in [5, 5.41) is 39.3. The molecule has 12 nitrogen and oxygen atoms in total. The molecule has 0 fully saturated rings. The Balaban J connectivity index is 1.68. The van der Waals surface area contributed by atoms with Crippen LogP contribution in [0.5, 0.6) is 0 Å². The monoisotopic (exact) mass is 423 g/mol. The molecule has 31 heavy (non-hydrogen) atoms. The molecule has 0 amide bonds. The van der Waals surface area contributed by atoms with Gasteiger partial charge in [-0.25, -0.2) is 4.98 Å². The number of aromatic nitrogens is 4. The molecule has 0 bridgehead atoms. The quantitative estimate of drug-likeness (QED) is 0.387. The Morgan fingerprint density at radius 2 is 1.42 bits per heavy atom. The third-order valence-electron chi connectivity index (χ3n) is 4.78. The summed E-state index contributed by atoms with van der Waals surface area (Å²) in [7, 11) is 0. The molecule has 0 aliphatic heterocycles. The van der Waals surface area contributed by atoms with Gasteiger partial charge >= 0.3 is 5.56 Å². The molecular weight excluding hydrogens is 406 g/mol. The van der Waals surface area contributed by atoms with Crippen molar-refractivity contribution in [2.45, 2.75) is 13.1 Å². The average molecular weight is 423 g/mol. The van der Waals surface area contributed by atoms with Gasteiger partial charge in [-0.05, 0) is 35.4 Å². The van der Waals surface area contributed by atoms with Crippen LogP contribution in [0.2, 0.25) is 0 Å². The highest BCUT2D eigenvalue weighted by atomic mass is 16.8. The second-order valence-corrected chi connectivity index (χ2v) is 6.78. The van der Waals surface area contributed by atoms with E-state index in [0.717, 1.165) is 11.1 Å². The number of nitrogens with two attached hydrogens (primary N) is 1. The minimum Gasteiger partial charge on any atom is -0.733 e. The molecule has 0 spiro atoms. The fourth-order valence-electron chi connectivity index (χ4n) is 3.23. The Morgan fingerprint density at radius 1 is 0.903 bits per heavy atom. The van der Waals surface area contributed by atoms with Crippen LogP contribution in [0, 0.1) is 10.4 Å².